The summed E-state index contributed by atoms with van der Waals surface area (Å²) in [5.41, 5.74) is 3.18. The maximum atomic E-state index is 12.6. The van der Waals surface area contributed by atoms with Crippen molar-refractivity contribution in [3.05, 3.63) is 78.4 Å². The number of benzene rings is 1. The molecule has 27 heavy (non-hydrogen) atoms. The fraction of sp³-hybridized carbons (Fsp3) is 0.0500. The van der Waals surface area contributed by atoms with E-state index in [1.165, 1.54) is 4.90 Å². The van der Waals surface area contributed by atoms with Crippen molar-refractivity contribution in [3.63, 3.8) is 0 Å². The third-order valence-corrected chi connectivity index (χ3v) is 3.93. The minimum Gasteiger partial charge on any atom is -0.321 e. The lowest BCUT2D eigenvalue weighted by molar-refractivity contribution is 0.102. The average Bonchev–Trinajstić information content (AvgIpc) is 2.73. The lowest BCUT2D eigenvalue weighted by Crippen LogP contribution is -2.24. The van der Waals surface area contributed by atoms with Crippen LogP contribution in [0.4, 0.5) is 5.69 Å². The van der Waals surface area contributed by atoms with Gasteiger partial charge in [-0.05, 0) is 35.9 Å². The summed E-state index contributed by atoms with van der Waals surface area (Å²) in [6.07, 6.45) is 6.06. The van der Waals surface area contributed by atoms with Gasteiger partial charge in [-0.3, -0.25) is 25.6 Å². The van der Waals surface area contributed by atoms with Crippen LogP contribution in [-0.2, 0) is 0 Å². The molecular weight excluding hydrogens is 340 g/mol. The van der Waals surface area contributed by atoms with Gasteiger partial charge in [0.15, 0.2) is 0 Å². The van der Waals surface area contributed by atoms with Gasteiger partial charge in [0.2, 0.25) is 0 Å². The number of anilines is 1. The Morgan fingerprint density at radius 1 is 1.11 bits per heavy atom. The minimum absolute atomic E-state index is 0.165. The predicted octanol–water partition coefficient (Wildman–Crippen LogP) is 3.26. The summed E-state index contributed by atoms with van der Waals surface area (Å²) >= 11 is 0. The zero-order valence-corrected chi connectivity index (χ0v) is 14.7. The molecule has 0 radical (unpaired) electrons. The lowest BCUT2D eigenvalue weighted by Gasteiger charge is -2.14. The number of hydrogen-bond acceptors (Lipinski definition) is 5. The maximum Gasteiger partial charge on any atom is 0.274 e. The first kappa shape index (κ1) is 17.9. The van der Waals surface area contributed by atoms with E-state index in [1.807, 2.05) is 18.2 Å². The number of nitrogens with zero attached hydrogens (tertiary/aromatic N) is 3. The number of carbonyl (C=O) groups is 1. The molecule has 134 valence electrons. The molecule has 0 unspecified atom stereocenters. The predicted molar refractivity (Wildman–Crippen MR) is 105 cm³/mol. The summed E-state index contributed by atoms with van der Waals surface area (Å²) in [6.45, 7) is 0. The van der Waals surface area contributed by atoms with E-state index in [-0.39, 0.29) is 17.4 Å². The van der Waals surface area contributed by atoms with Crippen LogP contribution in [-0.4, -0.2) is 40.0 Å². The van der Waals surface area contributed by atoms with Gasteiger partial charge in [0.05, 0.1) is 6.34 Å². The second kappa shape index (κ2) is 8.01. The number of rotatable bonds is 5. The summed E-state index contributed by atoms with van der Waals surface area (Å²) in [7, 11) is 1.62. The van der Waals surface area contributed by atoms with E-state index in [2.05, 4.69) is 15.3 Å². The molecule has 7 heteroatoms. The number of hydrogen-bond donors (Lipinski definition) is 3. The third-order valence-electron chi connectivity index (χ3n) is 3.93. The van der Waals surface area contributed by atoms with Crippen LogP contribution in [0.5, 0.6) is 0 Å². The molecule has 0 saturated carbocycles. The van der Waals surface area contributed by atoms with E-state index in [0.29, 0.717) is 11.3 Å². The number of nitrogens with one attached hydrogen (secondary N) is 3. The van der Waals surface area contributed by atoms with Crippen molar-refractivity contribution in [2.45, 2.75) is 0 Å². The highest BCUT2D eigenvalue weighted by Gasteiger charge is 2.11. The van der Waals surface area contributed by atoms with E-state index in [0.717, 1.165) is 17.5 Å². The standard InChI is InChI=1S/C20H18N6O/c1-26(13-21)19(22)15-4-2-6-17(10-15)25-20(27)18-11-14(7-9-24-18)16-5-3-8-23-12-16/h2-13,21-22H,1H3,(H,25,27). The Morgan fingerprint density at radius 3 is 2.70 bits per heavy atom. The Bertz CT molecular complexity index is 987. The van der Waals surface area contributed by atoms with Crippen LogP contribution in [0.15, 0.2) is 67.1 Å². The fourth-order valence-corrected chi connectivity index (χ4v) is 2.48. The van der Waals surface area contributed by atoms with Crippen molar-refractivity contribution in [1.82, 2.24) is 14.9 Å². The Hall–Kier alpha value is -3.87. The molecule has 0 aliphatic carbocycles. The van der Waals surface area contributed by atoms with E-state index < -0.39 is 0 Å². The van der Waals surface area contributed by atoms with Crippen molar-refractivity contribution in [1.29, 1.82) is 10.8 Å². The van der Waals surface area contributed by atoms with E-state index in [9.17, 15) is 4.79 Å². The summed E-state index contributed by atoms with van der Waals surface area (Å²) < 4.78 is 0. The van der Waals surface area contributed by atoms with Crippen molar-refractivity contribution in [3.8, 4) is 11.1 Å². The van der Waals surface area contributed by atoms with Crippen LogP contribution in [0.3, 0.4) is 0 Å². The highest BCUT2D eigenvalue weighted by molar-refractivity contribution is 6.05. The molecule has 0 aliphatic rings. The zero-order chi connectivity index (χ0) is 19.2. The van der Waals surface area contributed by atoms with Crippen molar-refractivity contribution >= 4 is 23.8 Å². The molecule has 0 spiro atoms. The molecule has 7 nitrogen and oxygen atoms in total. The zero-order valence-electron chi connectivity index (χ0n) is 14.7. The third kappa shape index (κ3) is 4.21. The van der Waals surface area contributed by atoms with E-state index in [4.69, 9.17) is 10.8 Å². The van der Waals surface area contributed by atoms with Gasteiger partial charge in [-0.1, -0.05) is 18.2 Å². The first-order valence-corrected chi connectivity index (χ1v) is 8.18. The first-order chi connectivity index (χ1) is 13.1. The van der Waals surface area contributed by atoms with Crippen LogP contribution >= 0.6 is 0 Å². The Labute approximate surface area is 156 Å². The fourth-order valence-electron chi connectivity index (χ4n) is 2.48. The van der Waals surface area contributed by atoms with Crippen LogP contribution in [0.2, 0.25) is 0 Å². The normalized spacial score (nSPS) is 10.1. The first-order valence-electron chi connectivity index (χ1n) is 8.18. The van der Waals surface area contributed by atoms with Gasteiger partial charge in [0.1, 0.15) is 11.5 Å². The molecule has 3 rings (SSSR count). The lowest BCUT2D eigenvalue weighted by atomic mass is 10.1. The van der Waals surface area contributed by atoms with Crippen LogP contribution in [0, 0.1) is 10.8 Å². The SMILES string of the molecule is CN(C=N)C(=N)c1cccc(NC(=O)c2cc(-c3cccnc3)ccn2)c1. The molecule has 0 aliphatic heterocycles. The largest absolute Gasteiger partial charge is 0.321 e. The summed E-state index contributed by atoms with van der Waals surface area (Å²) in [4.78, 5) is 22.2. The van der Waals surface area contributed by atoms with Gasteiger partial charge >= 0.3 is 0 Å². The number of aromatic nitrogens is 2. The smallest absolute Gasteiger partial charge is 0.274 e. The molecule has 1 aromatic carbocycles. The van der Waals surface area contributed by atoms with Crippen molar-refractivity contribution in [2.75, 3.05) is 12.4 Å². The van der Waals surface area contributed by atoms with Crippen LogP contribution in [0.25, 0.3) is 11.1 Å². The highest BCUT2D eigenvalue weighted by atomic mass is 16.1. The number of amides is 1. The summed E-state index contributed by atoms with van der Waals surface area (Å²) in [6, 6.07) is 14.2. The molecule has 3 aromatic rings. The topological polar surface area (TPSA) is 106 Å². The molecule has 1 amide bonds. The van der Waals surface area contributed by atoms with Crippen LogP contribution in [0.1, 0.15) is 16.1 Å². The molecule has 0 bridgehead atoms. The Kier molecular flexibility index (Phi) is 5.32. The number of pyridine rings is 2. The Balaban J connectivity index is 1.80. The molecule has 2 aromatic heterocycles. The van der Waals surface area contributed by atoms with Gasteiger partial charge in [0, 0.05) is 42.5 Å². The Morgan fingerprint density at radius 2 is 1.96 bits per heavy atom. The van der Waals surface area contributed by atoms with Gasteiger partial charge in [0.25, 0.3) is 5.91 Å². The molecule has 2 heterocycles. The molecule has 0 saturated heterocycles. The van der Waals surface area contributed by atoms with E-state index in [1.54, 1.807) is 56.0 Å². The monoisotopic (exact) mass is 358 g/mol. The molecule has 0 atom stereocenters. The highest BCUT2D eigenvalue weighted by Crippen LogP contribution is 2.19. The number of carbonyl (C=O) groups excluding carboxylic acids is 1. The van der Waals surface area contributed by atoms with Gasteiger partial charge in [-0.25, -0.2) is 0 Å². The van der Waals surface area contributed by atoms with Gasteiger partial charge < -0.3 is 10.2 Å². The molecular formula is C20H18N6O. The minimum atomic E-state index is -0.343. The summed E-state index contributed by atoms with van der Waals surface area (Å²) in [5, 5.41) is 18.1. The second-order valence-electron chi connectivity index (χ2n) is 5.79. The van der Waals surface area contributed by atoms with E-state index >= 15 is 0 Å². The van der Waals surface area contributed by atoms with Crippen molar-refractivity contribution < 1.29 is 4.79 Å². The van der Waals surface area contributed by atoms with Gasteiger partial charge in [-0.2, -0.15) is 0 Å². The summed E-state index contributed by atoms with van der Waals surface area (Å²) in [5.74, 6) is -0.178. The molecule has 3 N–H and O–H groups in total. The van der Waals surface area contributed by atoms with Gasteiger partial charge in [-0.15, -0.1) is 0 Å². The van der Waals surface area contributed by atoms with Crippen molar-refractivity contribution in [2.24, 2.45) is 0 Å². The second-order valence-corrected chi connectivity index (χ2v) is 5.79. The average molecular weight is 358 g/mol. The number of amidine groups is 1. The molecule has 0 fully saturated rings. The van der Waals surface area contributed by atoms with Crippen LogP contribution < -0.4 is 5.32 Å². The maximum absolute atomic E-state index is 12.6. The quantitative estimate of drug-likeness (QED) is 0.481.